The average Bonchev–Trinajstić information content (AvgIpc) is 2.47. The predicted octanol–water partition coefficient (Wildman–Crippen LogP) is 2.35. The summed E-state index contributed by atoms with van der Waals surface area (Å²) in [5.41, 5.74) is 4.10. The molecule has 0 amide bonds. The van der Waals surface area contributed by atoms with Crippen molar-refractivity contribution in [2.24, 2.45) is 10.1 Å². The third kappa shape index (κ3) is 3.22. The maximum absolute atomic E-state index is 13.9. The monoisotopic (exact) mass is 315 g/mol. The van der Waals surface area contributed by atoms with E-state index < -0.39 is 38.3 Å². The molecule has 0 spiro atoms. The second-order valence-electron chi connectivity index (χ2n) is 5.36. The summed E-state index contributed by atoms with van der Waals surface area (Å²) < 4.78 is 42.8. The van der Waals surface area contributed by atoms with Crippen LogP contribution in [0.25, 0.3) is 0 Å². The second-order valence-corrected chi connectivity index (χ2v) is 8.31. The maximum atomic E-state index is 13.9. The highest BCUT2D eigenvalue weighted by Crippen LogP contribution is 2.29. The molecule has 0 aliphatic rings. The molecule has 2 atom stereocenters. The molecule has 0 aliphatic carbocycles. The Bertz CT molecular complexity index is 675. The molecule has 4 nitrogen and oxygen atoms in total. The Balaban J connectivity index is 3.40. The van der Waals surface area contributed by atoms with Gasteiger partial charge in [-0.2, -0.15) is 5.26 Å². The molecule has 0 fully saturated rings. The Labute approximate surface area is 124 Å². The van der Waals surface area contributed by atoms with Crippen molar-refractivity contribution in [3.63, 3.8) is 0 Å². The fraction of sp³-hybridized carbons (Fsp3) is 0.500. The average molecular weight is 315 g/mol. The predicted molar refractivity (Wildman–Crippen MR) is 79.3 cm³/mol. The van der Waals surface area contributed by atoms with Gasteiger partial charge in [0.1, 0.15) is 17.2 Å². The number of benzene rings is 1. The quantitative estimate of drug-likeness (QED) is 0.906. The molecule has 0 saturated heterocycles. The molecule has 0 heterocycles. The molecule has 21 heavy (non-hydrogen) atoms. The molecule has 116 valence electrons. The molecule has 1 aromatic rings. The Kier molecular flexibility index (Phi) is 5.07. The molecule has 1 unspecified atom stereocenters. The molecule has 0 radical (unpaired) electrons. The standard InChI is InChI=1S/C14H19F2N3OS/c1-13(2,9-17)21(20,19-3)10-14(18,8-15)11-6-4-5-7-12(11)16/h4-7H,8,10,18H2,1-3H3/t14-,21?/m0/s1. The van der Waals surface area contributed by atoms with Crippen LogP contribution in [0.2, 0.25) is 0 Å². The van der Waals surface area contributed by atoms with Crippen LogP contribution in [0.4, 0.5) is 8.78 Å². The van der Waals surface area contributed by atoms with Crippen molar-refractivity contribution in [3.05, 3.63) is 35.6 Å². The summed E-state index contributed by atoms with van der Waals surface area (Å²) >= 11 is 0. The molecular formula is C14H19F2N3OS. The molecule has 0 aliphatic heterocycles. The SMILES string of the molecule is CN=S(=O)(C[C@@](N)(CF)c1ccccc1F)C(C)(C)C#N. The van der Waals surface area contributed by atoms with Crippen LogP contribution in [-0.2, 0) is 15.3 Å². The third-order valence-corrected chi connectivity index (χ3v) is 6.65. The lowest BCUT2D eigenvalue weighted by molar-refractivity contribution is 0.328. The lowest BCUT2D eigenvalue weighted by atomic mass is 9.94. The van der Waals surface area contributed by atoms with Crippen LogP contribution in [0.1, 0.15) is 19.4 Å². The van der Waals surface area contributed by atoms with E-state index in [2.05, 4.69) is 4.36 Å². The van der Waals surface area contributed by atoms with E-state index in [1.807, 2.05) is 6.07 Å². The van der Waals surface area contributed by atoms with Crippen LogP contribution in [-0.4, -0.2) is 28.4 Å². The van der Waals surface area contributed by atoms with E-state index in [4.69, 9.17) is 11.0 Å². The Morgan fingerprint density at radius 1 is 1.43 bits per heavy atom. The smallest absolute Gasteiger partial charge is 0.135 e. The van der Waals surface area contributed by atoms with Crippen molar-refractivity contribution in [1.29, 1.82) is 5.26 Å². The van der Waals surface area contributed by atoms with Gasteiger partial charge in [-0.25, -0.2) is 17.4 Å². The highest BCUT2D eigenvalue weighted by atomic mass is 32.2. The lowest BCUT2D eigenvalue weighted by Crippen LogP contribution is -2.49. The van der Waals surface area contributed by atoms with Crippen molar-refractivity contribution < 1.29 is 13.0 Å². The van der Waals surface area contributed by atoms with E-state index in [0.29, 0.717) is 0 Å². The minimum atomic E-state index is -3.16. The summed E-state index contributed by atoms with van der Waals surface area (Å²) in [4.78, 5) is 0. The summed E-state index contributed by atoms with van der Waals surface area (Å²) in [6.45, 7) is 1.78. The first-order valence-electron chi connectivity index (χ1n) is 6.29. The van der Waals surface area contributed by atoms with Crippen molar-refractivity contribution in [2.75, 3.05) is 19.5 Å². The number of rotatable bonds is 5. The van der Waals surface area contributed by atoms with Crippen molar-refractivity contribution in [2.45, 2.75) is 24.1 Å². The molecule has 0 saturated carbocycles. The summed E-state index contributed by atoms with van der Waals surface area (Å²) in [6, 6.07) is 7.40. The molecular weight excluding hydrogens is 296 g/mol. The van der Waals surface area contributed by atoms with Crippen LogP contribution >= 0.6 is 0 Å². The van der Waals surface area contributed by atoms with Gasteiger partial charge >= 0.3 is 0 Å². The third-order valence-electron chi connectivity index (χ3n) is 3.46. The first kappa shape index (κ1) is 17.5. The molecule has 0 aromatic heterocycles. The zero-order valence-electron chi connectivity index (χ0n) is 12.3. The highest BCUT2D eigenvalue weighted by molar-refractivity contribution is 7.95. The van der Waals surface area contributed by atoms with Gasteiger partial charge in [-0.15, -0.1) is 0 Å². The van der Waals surface area contributed by atoms with Gasteiger partial charge in [0.15, 0.2) is 0 Å². The molecule has 1 rings (SSSR count). The first-order chi connectivity index (χ1) is 9.65. The fourth-order valence-corrected chi connectivity index (χ4v) is 3.97. The number of alkyl halides is 1. The zero-order valence-corrected chi connectivity index (χ0v) is 13.1. The minimum absolute atomic E-state index is 0.0717. The van der Waals surface area contributed by atoms with Crippen molar-refractivity contribution in [3.8, 4) is 6.07 Å². The van der Waals surface area contributed by atoms with E-state index in [0.717, 1.165) is 6.07 Å². The summed E-state index contributed by atoms with van der Waals surface area (Å²) in [7, 11) is -1.86. The van der Waals surface area contributed by atoms with Crippen LogP contribution < -0.4 is 5.73 Å². The van der Waals surface area contributed by atoms with Crippen molar-refractivity contribution >= 4 is 9.73 Å². The van der Waals surface area contributed by atoms with Crippen molar-refractivity contribution in [1.82, 2.24) is 0 Å². The summed E-state index contributed by atoms with van der Waals surface area (Å²) in [5, 5.41) is 9.16. The van der Waals surface area contributed by atoms with Gasteiger partial charge in [0.25, 0.3) is 0 Å². The Morgan fingerprint density at radius 3 is 2.43 bits per heavy atom. The maximum Gasteiger partial charge on any atom is 0.135 e. The van der Waals surface area contributed by atoms with Gasteiger partial charge in [0, 0.05) is 12.6 Å². The molecule has 2 N–H and O–H groups in total. The normalized spacial score (nSPS) is 17.4. The molecule has 0 bridgehead atoms. The largest absolute Gasteiger partial charge is 0.318 e. The minimum Gasteiger partial charge on any atom is -0.318 e. The zero-order chi connectivity index (χ0) is 16.3. The molecule has 1 aromatic carbocycles. The number of hydrogen-bond acceptors (Lipinski definition) is 4. The number of halogens is 2. The first-order valence-corrected chi connectivity index (χ1v) is 7.98. The van der Waals surface area contributed by atoms with E-state index in [-0.39, 0.29) is 5.56 Å². The highest BCUT2D eigenvalue weighted by Gasteiger charge is 2.41. The number of nitrogens with zero attached hydrogens (tertiary/aromatic N) is 2. The van der Waals surface area contributed by atoms with Gasteiger partial charge in [-0.1, -0.05) is 18.2 Å². The van der Waals surface area contributed by atoms with Crippen LogP contribution in [0, 0.1) is 17.1 Å². The number of nitrogens with two attached hydrogens (primary N) is 1. The summed E-state index contributed by atoms with van der Waals surface area (Å²) in [6.07, 6.45) is 0. The summed E-state index contributed by atoms with van der Waals surface area (Å²) in [5.74, 6) is -1.11. The van der Waals surface area contributed by atoms with E-state index in [1.165, 1.54) is 39.1 Å². The topological polar surface area (TPSA) is 79.2 Å². The second kappa shape index (κ2) is 6.08. The van der Waals surface area contributed by atoms with Crippen LogP contribution in [0.5, 0.6) is 0 Å². The van der Waals surface area contributed by atoms with Gasteiger partial charge in [0.05, 0.1) is 27.1 Å². The van der Waals surface area contributed by atoms with E-state index >= 15 is 0 Å². The van der Waals surface area contributed by atoms with Gasteiger partial charge in [-0.3, -0.25) is 0 Å². The van der Waals surface area contributed by atoms with Gasteiger partial charge in [-0.05, 0) is 19.9 Å². The van der Waals surface area contributed by atoms with E-state index in [1.54, 1.807) is 0 Å². The van der Waals surface area contributed by atoms with Crippen LogP contribution in [0.15, 0.2) is 28.6 Å². The van der Waals surface area contributed by atoms with E-state index in [9.17, 15) is 13.0 Å². The Hall–Kier alpha value is -1.52. The number of hydrogen-bond donors (Lipinski definition) is 1. The van der Waals surface area contributed by atoms with Gasteiger partial charge in [0.2, 0.25) is 0 Å². The fourth-order valence-electron chi connectivity index (χ4n) is 1.95. The lowest BCUT2D eigenvalue weighted by Gasteiger charge is -2.32. The van der Waals surface area contributed by atoms with Crippen LogP contribution in [0.3, 0.4) is 0 Å². The molecule has 7 heteroatoms. The van der Waals surface area contributed by atoms with Gasteiger partial charge < -0.3 is 5.73 Å². The number of nitriles is 1. The Morgan fingerprint density at radius 2 is 2.00 bits per heavy atom.